The van der Waals surface area contributed by atoms with Crippen LogP contribution >= 0.6 is 8.58 Å². The van der Waals surface area contributed by atoms with Crippen LogP contribution in [0.25, 0.3) is 0 Å². The van der Waals surface area contributed by atoms with Crippen LogP contribution in [0.5, 0.6) is 0 Å². The van der Waals surface area contributed by atoms with E-state index in [1.165, 1.54) is 0 Å². The van der Waals surface area contributed by atoms with Gasteiger partial charge < -0.3 is 0 Å². The van der Waals surface area contributed by atoms with Crippen LogP contribution in [0.3, 0.4) is 0 Å². The molecule has 0 nitrogen and oxygen atoms in total. The lowest BCUT2D eigenvalue weighted by Crippen LogP contribution is -1.51. The predicted octanol–water partition coefficient (Wildman–Crippen LogP) is 2.13. The van der Waals surface area contributed by atoms with E-state index in [2.05, 4.69) is 0 Å². The molecule has 0 aromatic rings. The van der Waals surface area contributed by atoms with Gasteiger partial charge in [-0.05, 0) is 18.9 Å². The van der Waals surface area contributed by atoms with Gasteiger partial charge in [-0.3, -0.25) is 0 Å². The zero-order valence-corrected chi connectivity index (χ0v) is 4.96. The van der Waals surface area contributed by atoms with E-state index in [1.807, 2.05) is 6.66 Å². The number of rotatable bonds is 1. The van der Waals surface area contributed by atoms with E-state index in [1.54, 1.807) is 6.92 Å². The molecule has 0 saturated heterocycles. The van der Waals surface area contributed by atoms with E-state index < -0.39 is 0 Å². The van der Waals surface area contributed by atoms with Gasteiger partial charge >= 0.3 is 0 Å². The third kappa shape index (κ3) is 2.34. The summed E-state index contributed by atoms with van der Waals surface area (Å²) >= 11 is 0. The fourth-order valence-corrected chi connectivity index (χ4v) is 0.164. The van der Waals surface area contributed by atoms with Crippen molar-refractivity contribution in [2.24, 2.45) is 0 Å². The maximum Gasteiger partial charge on any atom is 0.0897 e. The van der Waals surface area contributed by atoms with Crippen molar-refractivity contribution >= 4 is 8.58 Å². The summed E-state index contributed by atoms with van der Waals surface area (Å²) in [4.78, 5) is 0. The molecule has 1 unspecified atom stereocenters. The van der Waals surface area contributed by atoms with Gasteiger partial charge in [0.2, 0.25) is 0 Å². The van der Waals surface area contributed by atoms with E-state index in [0.717, 1.165) is 5.31 Å². The fraction of sp³-hybridized carbons (Fsp3) is 0.500. The molecule has 36 valence electrons. The second kappa shape index (κ2) is 3.30. The number of hydrogen-bond donors (Lipinski definition) is 0. The molecule has 0 aromatic carbocycles. The average Bonchev–Trinajstić information content (AvgIpc) is 1.65. The van der Waals surface area contributed by atoms with Gasteiger partial charge in [0.25, 0.3) is 0 Å². The topological polar surface area (TPSA) is 0 Å². The summed E-state index contributed by atoms with van der Waals surface area (Å²) in [7, 11) is 0.618. The van der Waals surface area contributed by atoms with Crippen LogP contribution in [0.2, 0.25) is 0 Å². The highest BCUT2D eigenvalue weighted by molar-refractivity contribution is 7.42. The molecule has 2 heteroatoms. The normalized spacial score (nSPS) is 14.2. The van der Waals surface area contributed by atoms with Crippen molar-refractivity contribution in [1.29, 1.82) is 0 Å². The van der Waals surface area contributed by atoms with Crippen molar-refractivity contribution < 1.29 is 4.39 Å². The van der Waals surface area contributed by atoms with Gasteiger partial charge in [-0.1, -0.05) is 8.58 Å². The Kier molecular flexibility index (Phi) is 3.35. The Labute approximate surface area is 39.2 Å². The van der Waals surface area contributed by atoms with Gasteiger partial charge in [-0.2, -0.15) is 0 Å². The van der Waals surface area contributed by atoms with Gasteiger partial charge in [0.15, 0.2) is 0 Å². The molecule has 0 aromatic heterocycles. The first-order valence-corrected chi connectivity index (χ1v) is 3.26. The van der Waals surface area contributed by atoms with Crippen molar-refractivity contribution in [3.05, 3.63) is 11.6 Å². The van der Waals surface area contributed by atoms with Crippen molar-refractivity contribution in [2.75, 3.05) is 6.66 Å². The summed E-state index contributed by atoms with van der Waals surface area (Å²) in [5.41, 5.74) is 0. The van der Waals surface area contributed by atoms with Gasteiger partial charge in [-0.15, -0.1) is 0 Å². The highest BCUT2D eigenvalue weighted by Gasteiger charge is 1.75. The van der Waals surface area contributed by atoms with Gasteiger partial charge in [0.1, 0.15) is 0 Å². The molecular formula is C4H8FP. The van der Waals surface area contributed by atoms with E-state index in [9.17, 15) is 4.39 Å². The van der Waals surface area contributed by atoms with Crippen molar-refractivity contribution in [3.63, 3.8) is 0 Å². The highest BCUT2D eigenvalue weighted by atomic mass is 31.1. The monoisotopic (exact) mass is 106 g/mol. The first-order valence-electron chi connectivity index (χ1n) is 1.76. The lowest BCUT2D eigenvalue weighted by atomic mass is 10.7. The first-order chi connectivity index (χ1) is 2.81. The van der Waals surface area contributed by atoms with Crippen LogP contribution in [0.4, 0.5) is 4.39 Å². The lowest BCUT2D eigenvalue weighted by molar-refractivity contribution is 0.717. The van der Waals surface area contributed by atoms with E-state index in [-0.39, 0.29) is 0 Å². The van der Waals surface area contributed by atoms with Crippen molar-refractivity contribution in [2.45, 2.75) is 6.92 Å². The fourth-order valence-electron chi connectivity index (χ4n) is 0.0546. The average molecular weight is 106 g/mol. The Hall–Kier alpha value is 0.100. The lowest BCUT2D eigenvalue weighted by Gasteiger charge is -1.82. The molecule has 0 spiro atoms. The minimum atomic E-state index is 0.618. The van der Waals surface area contributed by atoms with Crippen LogP contribution < -0.4 is 0 Å². The smallest absolute Gasteiger partial charge is 0.0897 e. The predicted molar refractivity (Wildman–Crippen MR) is 29.1 cm³/mol. The quantitative estimate of drug-likeness (QED) is 0.449. The summed E-state index contributed by atoms with van der Waals surface area (Å²) in [6.07, 6.45) is 0.651. The first kappa shape index (κ1) is 6.10. The standard InChI is InChI=1S/C4H8FP/c1-4(3-5)6-2/h3,6H,1-2H3/b4-3+. The third-order valence-corrected chi connectivity index (χ3v) is 1.46. The minimum Gasteiger partial charge on any atom is -0.215 e. The third-order valence-electron chi connectivity index (χ3n) is 0.558. The minimum absolute atomic E-state index is 0.618. The molecule has 0 bridgehead atoms. The zero-order chi connectivity index (χ0) is 4.99. The molecule has 0 aliphatic carbocycles. The zero-order valence-electron chi connectivity index (χ0n) is 3.96. The van der Waals surface area contributed by atoms with Crippen LogP contribution in [-0.4, -0.2) is 6.66 Å². The van der Waals surface area contributed by atoms with Crippen LogP contribution in [0.1, 0.15) is 6.92 Å². The summed E-state index contributed by atoms with van der Waals surface area (Å²) in [5, 5.41) is 0.829. The second-order valence-electron chi connectivity index (χ2n) is 1.04. The molecule has 0 saturated carbocycles. The Bertz CT molecular complexity index is 58.6. The van der Waals surface area contributed by atoms with Crippen LogP contribution in [-0.2, 0) is 0 Å². The van der Waals surface area contributed by atoms with E-state index >= 15 is 0 Å². The highest BCUT2D eigenvalue weighted by Crippen LogP contribution is 2.16. The Morgan fingerprint density at radius 3 is 2.33 bits per heavy atom. The van der Waals surface area contributed by atoms with Crippen LogP contribution in [0.15, 0.2) is 11.6 Å². The van der Waals surface area contributed by atoms with Gasteiger partial charge in [-0.25, -0.2) is 4.39 Å². The molecule has 0 aliphatic rings. The molecule has 6 heavy (non-hydrogen) atoms. The summed E-state index contributed by atoms with van der Waals surface area (Å²) < 4.78 is 11.2. The number of allylic oxidation sites excluding steroid dienone is 1. The Morgan fingerprint density at radius 1 is 1.83 bits per heavy atom. The largest absolute Gasteiger partial charge is 0.215 e. The maximum absolute atomic E-state index is 11.2. The Morgan fingerprint density at radius 2 is 2.33 bits per heavy atom. The maximum atomic E-state index is 11.2. The molecule has 1 atom stereocenters. The molecule has 0 heterocycles. The Balaban J connectivity index is 3.22. The van der Waals surface area contributed by atoms with E-state index in [4.69, 9.17) is 0 Å². The summed E-state index contributed by atoms with van der Waals surface area (Å²) in [6, 6.07) is 0. The molecule has 0 fully saturated rings. The number of hydrogen-bond acceptors (Lipinski definition) is 0. The van der Waals surface area contributed by atoms with Crippen molar-refractivity contribution in [1.82, 2.24) is 0 Å². The molecule has 0 amide bonds. The molecule has 0 N–H and O–H groups in total. The molecule has 0 radical (unpaired) electrons. The SMILES string of the molecule is CP/C(C)=C/F. The molecule has 0 aliphatic heterocycles. The van der Waals surface area contributed by atoms with Crippen molar-refractivity contribution in [3.8, 4) is 0 Å². The van der Waals surface area contributed by atoms with E-state index in [0.29, 0.717) is 14.9 Å². The second-order valence-corrected chi connectivity index (χ2v) is 2.33. The summed E-state index contributed by atoms with van der Waals surface area (Å²) in [6.45, 7) is 3.73. The molecule has 0 rings (SSSR count). The van der Waals surface area contributed by atoms with Gasteiger partial charge in [0.05, 0.1) is 6.33 Å². The summed E-state index contributed by atoms with van der Waals surface area (Å²) in [5.74, 6) is 0. The van der Waals surface area contributed by atoms with Crippen LogP contribution in [0, 0.1) is 0 Å². The molecular weight excluding hydrogens is 98.0 g/mol. The van der Waals surface area contributed by atoms with Gasteiger partial charge in [0, 0.05) is 0 Å². The number of halogens is 1.